The highest BCUT2D eigenvalue weighted by atomic mass is 35.5. The lowest BCUT2D eigenvalue weighted by Gasteiger charge is -2.04. The molecule has 1 N–H and O–H groups in total. The quantitative estimate of drug-likeness (QED) is 0.782. The average molecular weight is 255 g/mol. The maximum atomic E-state index is 13.1. The van der Waals surface area contributed by atoms with Crippen LogP contribution >= 0.6 is 23.8 Å². The summed E-state index contributed by atoms with van der Waals surface area (Å²) in [6, 6.07) is 5.93. The molecule has 0 saturated heterocycles. The molecule has 0 aliphatic heterocycles. The van der Waals surface area contributed by atoms with E-state index < -0.39 is 0 Å². The molecule has 0 spiro atoms. The summed E-state index contributed by atoms with van der Waals surface area (Å²) in [4.78, 5) is 7.00. The minimum atomic E-state index is -0.349. The molecular formula is C11H8ClFN2S. The molecule has 2 nitrogen and oxygen atoms in total. The highest BCUT2D eigenvalue weighted by molar-refractivity contribution is 7.71. The number of nitrogens with one attached hydrogen (secondary N) is 1. The fourth-order valence-electron chi connectivity index (χ4n) is 1.41. The number of hydrogen-bond acceptors (Lipinski definition) is 2. The van der Waals surface area contributed by atoms with E-state index in [9.17, 15) is 4.39 Å². The van der Waals surface area contributed by atoms with Crippen LogP contribution in [0.2, 0.25) is 5.02 Å². The Morgan fingerprint density at radius 3 is 2.81 bits per heavy atom. The summed E-state index contributed by atoms with van der Waals surface area (Å²) in [5.41, 5.74) is 1.98. The molecule has 82 valence electrons. The van der Waals surface area contributed by atoms with E-state index in [0.29, 0.717) is 21.1 Å². The second kappa shape index (κ2) is 4.31. The van der Waals surface area contributed by atoms with Gasteiger partial charge in [0.25, 0.3) is 0 Å². The van der Waals surface area contributed by atoms with Gasteiger partial charge in [0, 0.05) is 11.3 Å². The zero-order chi connectivity index (χ0) is 11.7. The minimum Gasteiger partial charge on any atom is -0.335 e. The molecule has 16 heavy (non-hydrogen) atoms. The van der Waals surface area contributed by atoms with Crippen molar-refractivity contribution in [1.29, 1.82) is 0 Å². The number of rotatable bonds is 1. The van der Waals surface area contributed by atoms with Crippen LogP contribution in [0, 0.1) is 17.5 Å². The van der Waals surface area contributed by atoms with E-state index in [1.54, 1.807) is 6.07 Å². The van der Waals surface area contributed by atoms with Crippen molar-refractivity contribution in [1.82, 2.24) is 9.97 Å². The van der Waals surface area contributed by atoms with Crippen molar-refractivity contribution in [3.05, 3.63) is 45.6 Å². The Kier molecular flexibility index (Phi) is 3.03. The molecule has 1 aromatic heterocycles. The third kappa shape index (κ3) is 2.28. The maximum Gasteiger partial charge on any atom is 0.197 e. The number of halogens is 2. The average Bonchev–Trinajstić information content (AvgIpc) is 2.20. The van der Waals surface area contributed by atoms with Crippen LogP contribution < -0.4 is 0 Å². The molecule has 5 heteroatoms. The first kappa shape index (κ1) is 11.2. The molecule has 0 radical (unpaired) electrons. The Bertz CT molecular complexity index is 595. The number of aromatic amines is 1. The standard InChI is InChI=1S/C11H8ClFN2S/c1-6-4-10(15-11(16)14-6)8-5-7(13)2-3-9(8)12/h2-5H,1H3,(H,14,15,16). The summed E-state index contributed by atoms with van der Waals surface area (Å²) in [5, 5.41) is 0.453. The van der Waals surface area contributed by atoms with E-state index >= 15 is 0 Å². The fraction of sp³-hybridized carbons (Fsp3) is 0.0909. The van der Waals surface area contributed by atoms with Gasteiger partial charge >= 0.3 is 0 Å². The van der Waals surface area contributed by atoms with Gasteiger partial charge in [-0.25, -0.2) is 9.37 Å². The van der Waals surface area contributed by atoms with Crippen molar-refractivity contribution in [2.45, 2.75) is 6.92 Å². The third-order valence-electron chi connectivity index (χ3n) is 2.08. The molecule has 1 aromatic carbocycles. The van der Waals surface area contributed by atoms with Crippen molar-refractivity contribution in [2.24, 2.45) is 0 Å². The van der Waals surface area contributed by atoms with Crippen LogP contribution in [0.4, 0.5) is 4.39 Å². The highest BCUT2D eigenvalue weighted by Crippen LogP contribution is 2.27. The van der Waals surface area contributed by atoms with Gasteiger partial charge in [0.2, 0.25) is 0 Å². The van der Waals surface area contributed by atoms with E-state index in [1.165, 1.54) is 18.2 Å². The van der Waals surface area contributed by atoms with E-state index in [-0.39, 0.29) is 5.82 Å². The van der Waals surface area contributed by atoms with Gasteiger partial charge in [0.1, 0.15) is 5.82 Å². The van der Waals surface area contributed by atoms with Crippen LogP contribution in [-0.4, -0.2) is 9.97 Å². The second-order valence-electron chi connectivity index (χ2n) is 3.38. The fourth-order valence-corrected chi connectivity index (χ4v) is 1.88. The lowest BCUT2D eigenvalue weighted by Crippen LogP contribution is -1.91. The first-order valence-corrected chi connectivity index (χ1v) is 5.38. The normalized spacial score (nSPS) is 10.4. The van der Waals surface area contributed by atoms with E-state index in [1.807, 2.05) is 6.92 Å². The van der Waals surface area contributed by atoms with E-state index in [2.05, 4.69) is 9.97 Å². The van der Waals surface area contributed by atoms with E-state index in [4.69, 9.17) is 23.8 Å². The summed E-state index contributed by atoms with van der Waals surface area (Å²) in [6.07, 6.45) is 0. The van der Waals surface area contributed by atoms with Crippen LogP contribution in [-0.2, 0) is 0 Å². The highest BCUT2D eigenvalue weighted by Gasteiger charge is 2.07. The molecule has 0 atom stereocenters. The molecular weight excluding hydrogens is 247 g/mol. The van der Waals surface area contributed by atoms with Gasteiger partial charge < -0.3 is 4.98 Å². The predicted molar refractivity (Wildman–Crippen MR) is 64.6 cm³/mol. The molecule has 0 unspecified atom stereocenters. The molecule has 0 bridgehead atoms. The van der Waals surface area contributed by atoms with Gasteiger partial charge in [0.15, 0.2) is 4.77 Å². The van der Waals surface area contributed by atoms with Crippen molar-refractivity contribution in [3.63, 3.8) is 0 Å². The molecule has 2 rings (SSSR count). The Labute approximate surface area is 102 Å². The van der Waals surface area contributed by atoms with E-state index in [0.717, 1.165) is 5.69 Å². The first-order chi connectivity index (χ1) is 7.56. The number of aromatic nitrogens is 2. The summed E-state index contributed by atoms with van der Waals surface area (Å²) in [6.45, 7) is 1.86. The van der Waals surface area contributed by atoms with Crippen LogP contribution in [0.25, 0.3) is 11.3 Å². The van der Waals surface area contributed by atoms with Gasteiger partial charge in [-0.1, -0.05) is 11.6 Å². The number of aryl methyl sites for hydroxylation is 1. The number of H-pyrrole nitrogens is 1. The van der Waals surface area contributed by atoms with Gasteiger partial charge in [-0.3, -0.25) is 0 Å². The van der Waals surface area contributed by atoms with Gasteiger partial charge in [-0.15, -0.1) is 0 Å². The SMILES string of the molecule is Cc1cc(-c2cc(F)ccc2Cl)nc(=S)[nH]1. The van der Waals surface area contributed by atoms with Gasteiger partial charge in [0.05, 0.1) is 10.7 Å². The van der Waals surface area contributed by atoms with Crippen LogP contribution in [0.5, 0.6) is 0 Å². The zero-order valence-electron chi connectivity index (χ0n) is 8.42. The smallest absolute Gasteiger partial charge is 0.197 e. The number of benzene rings is 1. The van der Waals surface area contributed by atoms with Crippen molar-refractivity contribution >= 4 is 23.8 Å². The van der Waals surface area contributed by atoms with Crippen molar-refractivity contribution in [3.8, 4) is 11.3 Å². The summed E-state index contributed by atoms with van der Waals surface area (Å²) in [7, 11) is 0. The van der Waals surface area contributed by atoms with Crippen LogP contribution in [0.3, 0.4) is 0 Å². The molecule has 0 aliphatic carbocycles. The van der Waals surface area contributed by atoms with Crippen molar-refractivity contribution in [2.75, 3.05) is 0 Å². The van der Waals surface area contributed by atoms with Crippen LogP contribution in [0.1, 0.15) is 5.69 Å². The summed E-state index contributed by atoms with van der Waals surface area (Å²) < 4.78 is 13.5. The lowest BCUT2D eigenvalue weighted by molar-refractivity contribution is 0.628. The second-order valence-corrected chi connectivity index (χ2v) is 4.17. The third-order valence-corrected chi connectivity index (χ3v) is 2.61. The summed E-state index contributed by atoms with van der Waals surface area (Å²) in [5.74, 6) is -0.349. The molecule has 0 saturated carbocycles. The lowest BCUT2D eigenvalue weighted by atomic mass is 10.1. The predicted octanol–water partition coefficient (Wildman–Crippen LogP) is 3.91. The number of nitrogens with zero attached hydrogens (tertiary/aromatic N) is 1. The first-order valence-electron chi connectivity index (χ1n) is 4.59. The number of hydrogen-bond donors (Lipinski definition) is 1. The van der Waals surface area contributed by atoms with Gasteiger partial charge in [-0.05, 0) is 43.4 Å². The largest absolute Gasteiger partial charge is 0.335 e. The Balaban J connectivity index is 2.66. The zero-order valence-corrected chi connectivity index (χ0v) is 9.99. The Morgan fingerprint density at radius 1 is 1.38 bits per heavy atom. The van der Waals surface area contributed by atoms with Gasteiger partial charge in [-0.2, -0.15) is 0 Å². The molecule has 0 aliphatic rings. The van der Waals surface area contributed by atoms with Crippen LogP contribution in [0.15, 0.2) is 24.3 Å². The van der Waals surface area contributed by atoms with Crippen molar-refractivity contribution < 1.29 is 4.39 Å². The summed E-state index contributed by atoms with van der Waals surface area (Å²) >= 11 is 10.9. The Morgan fingerprint density at radius 2 is 2.12 bits per heavy atom. The monoisotopic (exact) mass is 254 g/mol. The Hall–Kier alpha value is -1.26. The molecule has 1 heterocycles. The topological polar surface area (TPSA) is 28.7 Å². The minimum absolute atomic E-state index is 0.349. The molecule has 2 aromatic rings. The molecule has 0 amide bonds. The molecule has 0 fully saturated rings. The maximum absolute atomic E-state index is 13.1.